The van der Waals surface area contributed by atoms with Crippen molar-refractivity contribution in [2.24, 2.45) is 7.05 Å². The van der Waals surface area contributed by atoms with Crippen molar-refractivity contribution in [1.82, 2.24) is 9.78 Å². The summed E-state index contributed by atoms with van der Waals surface area (Å²) in [5, 5.41) is 4.95. The Labute approximate surface area is 138 Å². The Morgan fingerprint density at radius 3 is 2.13 bits per heavy atom. The number of ether oxygens (including phenoxy) is 1. The number of hydrogen-bond donors (Lipinski definition) is 0. The number of aryl methyl sites for hydroxylation is 2. The quantitative estimate of drug-likeness (QED) is 0.724. The summed E-state index contributed by atoms with van der Waals surface area (Å²) in [5.41, 5.74) is 2.25. The Morgan fingerprint density at radius 1 is 1.00 bits per heavy atom. The van der Waals surface area contributed by atoms with E-state index in [-0.39, 0.29) is 5.56 Å². The SMILES string of the molecule is Cc1cc(-c2ccc(Oc3ccc(Cl)cc3)cc2)nn(C)c1=O. The van der Waals surface area contributed by atoms with E-state index in [2.05, 4.69) is 5.10 Å². The number of rotatable bonds is 3. The van der Waals surface area contributed by atoms with E-state index in [1.807, 2.05) is 36.4 Å². The second-order valence-corrected chi connectivity index (χ2v) is 5.66. The average Bonchev–Trinajstić information content (AvgIpc) is 2.55. The van der Waals surface area contributed by atoms with E-state index in [4.69, 9.17) is 16.3 Å². The summed E-state index contributed by atoms with van der Waals surface area (Å²) in [6, 6.07) is 16.5. The van der Waals surface area contributed by atoms with Crippen molar-refractivity contribution >= 4 is 11.6 Å². The fourth-order valence-corrected chi connectivity index (χ4v) is 2.36. The van der Waals surface area contributed by atoms with Crippen LogP contribution in [-0.2, 0) is 7.05 Å². The standard InChI is InChI=1S/C18H15ClN2O2/c1-12-11-17(20-21(2)18(12)22)13-3-7-15(8-4-13)23-16-9-5-14(19)6-10-16/h3-11H,1-2H3. The summed E-state index contributed by atoms with van der Waals surface area (Å²) in [6.07, 6.45) is 0. The molecule has 0 radical (unpaired) electrons. The summed E-state index contributed by atoms with van der Waals surface area (Å²) in [4.78, 5) is 11.7. The molecule has 1 aromatic heterocycles. The molecule has 1 heterocycles. The first-order valence-corrected chi connectivity index (χ1v) is 7.49. The molecule has 0 atom stereocenters. The maximum absolute atomic E-state index is 11.7. The van der Waals surface area contributed by atoms with Crippen LogP contribution in [0, 0.1) is 6.92 Å². The molecule has 0 saturated heterocycles. The minimum absolute atomic E-state index is 0.0866. The van der Waals surface area contributed by atoms with Crippen LogP contribution in [0.5, 0.6) is 11.5 Å². The van der Waals surface area contributed by atoms with Gasteiger partial charge in [0.05, 0.1) is 5.69 Å². The van der Waals surface area contributed by atoms with Gasteiger partial charge in [0.25, 0.3) is 5.56 Å². The molecule has 0 aliphatic rings. The van der Waals surface area contributed by atoms with E-state index < -0.39 is 0 Å². The average molecular weight is 327 g/mol. The normalized spacial score (nSPS) is 10.6. The Balaban J connectivity index is 1.84. The van der Waals surface area contributed by atoms with Gasteiger partial charge in [-0.05, 0) is 61.5 Å². The molecule has 2 aromatic carbocycles. The lowest BCUT2D eigenvalue weighted by Gasteiger charge is -2.08. The second-order valence-electron chi connectivity index (χ2n) is 5.22. The topological polar surface area (TPSA) is 44.1 Å². The molecule has 0 unspecified atom stereocenters. The third-order valence-electron chi connectivity index (χ3n) is 3.44. The Kier molecular flexibility index (Phi) is 4.17. The zero-order valence-corrected chi connectivity index (χ0v) is 13.5. The highest BCUT2D eigenvalue weighted by molar-refractivity contribution is 6.30. The predicted molar refractivity (Wildman–Crippen MR) is 91.2 cm³/mol. The summed E-state index contributed by atoms with van der Waals surface area (Å²) in [6.45, 7) is 1.78. The lowest BCUT2D eigenvalue weighted by atomic mass is 10.1. The molecule has 0 aliphatic carbocycles. The van der Waals surface area contributed by atoms with Crippen molar-refractivity contribution in [1.29, 1.82) is 0 Å². The van der Waals surface area contributed by atoms with Crippen molar-refractivity contribution in [2.45, 2.75) is 6.92 Å². The monoisotopic (exact) mass is 326 g/mol. The van der Waals surface area contributed by atoms with Gasteiger partial charge in [-0.3, -0.25) is 4.79 Å². The van der Waals surface area contributed by atoms with Gasteiger partial charge in [-0.1, -0.05) is 11.6 Å². The molecular weight excluding hydrogens is 312 g/mol. The van der Waals surface area contributed by atoms with Gasteiger partial charge in [0, 0.05) is 23.2 Å². The van der Waals surface area contributed by atoms with Crippen LogP contribution in [0.2, 0.25) is 5.02 Å². The molecule has 3 rings (SSSR count). The van der Waals surface area contributed by atoms with E-state index >= 15 is 0 Å². The summed E-state index contributed by atoms with van der Waals surface area (Å²) in [7, 11) is 1.65. The van der Waals surface area contributed by atoms with Gasteiger partial charge < -0.3 is 4.74 Å². The molecule has 0 spiro atoms. The largest absolute Gasteiger partial charge is 0.457 e. The minimum Gasteiger partial charge on any atom is -0.457 e. The predicted octanol–water partition coefficient (Wildman–Crippen LogP) is 4.20. The number of hydrogen-bond acceptors (Lipinski definition) is 3. The van der Waals surface area contributed by atoms with Gasteiger partial charge in [0.1, 0.15) is 11.5 Å². The second kappa shape index (κ2) is 6.26. The van der Waals surface area contributed by atoms with E-state index in [9.17, 15) is 4.79 Å². The van der Waals surface area contributed by atoms with Crippen molar-refractivity contribution in [3.8, 4) is 22.8 Å². The van der Waals surface area contributed by atoms with Gasteiger partial charge in [0.2, 0.25) is 0 Å². The Bertz CT molecular complexity index is 858. The molecule has 0 amide bonds. The molecule has 116 valence electrons. The number of halogens is 1. The smallest absolute Gasteiger partial charge is 0.269 e. The molecule has 23 heavy (non-hydrogen) atoms. The third-order valence-corrected chi connectivity index (χ3v) is 3.69. The third kappa shape index (κ3) is 3.43. The fraction of sp³-hybridized carbons (Fsp3) is 0.111. The van der Waals surface area contributed by atoms with Gasteiger partial charge in [-0.15, -0.1) is 0 Å². The molecule has 0 bridgehead atoms. The van der Waals surface area contributed by atoms with Crippen molar-refractivity contribution in [2.75, 3.05) is 0 Å². The van der Waals surface area contributed by atoms with Crippen LogP contribution >= 0.6 is 11.6 Å². The molecule has 0 fully saturated rings. The molecule has 4 nitrogen and oxygen atoms in total. The van der Waals surface area contributed by atoms with Crippen LogP contribution in [0.15, 0.2) is 59.4 Å². The van der Waals surface area contributed by atoms with Crippen LogP contribution in [0.4, 0.5) is 0 Å². The van der Waals surface area contributed by atoms with Crippen LogP contribution in [-0.4, -0.2) is 9.78 Å². The zero-order valence-electron chi connectivity index (χ0n) is 12.8. The van der Waals surface area contributed by atoms with Crippen LogP contribution in [0.3, 0.4) is 0 Å². The van der Waals surface area contributed by atoms with Crippen LogP contribution < -0.4 is 10.3 Å². The number of nitrogens with zero attached hydrogens (tertiary/aromatic N) is 2. The van der Waals surface area contributed by atoms with Crippen molar-refractivity contribution < 1.29 is 4.74 Å². The van der Waals surface area contributed by atoms with E-state index in [1.165, 1.54) is 4.68 Å². The summed E-state index contributed by atoms with van der Waals surface area (Å²) in [5.74, 6) is 1.44. The van der Waals surface area contributed by atoms with Gasteiger partial charge in [-0.25, -0.2) is 4.68 Å². The molecule has 0 N–H and O–H groups in total. The van der Waals surface area contributed by atoms with Crippen LogP contribution in [0.1, 0.15) is 5.56 Å². The summed E-state index contributed by atoms with van der Waals surface area (Å²) >= 11 is 5.85. The van der Waals surface area contributed by atoms with Gasteiger partial charge in [-0.2, -0.15) is 5.10 Å². The zero-order chi connectivity index (χ0) is 16.4. The van der Waals surface area contributed by atoms with Crippen molar-refractivity contribution in [3.05, 3.63) is 75.5 Å². The maximum Gasteiger partial charge on any atom is 0.269 e. The first kappa shape index (κ1) is 15.3. The fourth-order valence-electron chi connectivity index (χ4n) is 2.23. The molecule has 0 aliphatic heterocycles. The highest BCUT2D eigenvalue weighted by Crippen LogP contribution is 2.25. The lowest BCUT2D eigenvalue weighted by Crippen LogP contribution is -2.21. The molecule has 5 heteroatoms. The Morgan fingerprint density at radius 2 is 1.57 bits per heavy atom. The molecular formula is C18H15ClN2O2. The van der Waals surface area contributed by atoms with Crippen molar-refractivity contribution in [3.63, 3.8) is 0 Å². The van der Waals surface area contributed by atoms with E-state index in [1.54, 1.807) is 32.2 Å². The van der Waals surface area contributed by atoms with E-state index in [0.29, 0.717) is 10.6 Å². The highest BCUT2D eigenvalue weighted by atomic mass is 35.5. The van der Waals surface area contributed by atoms with Crippen LogP contribution in [0.25, 0.3) is 11.3 Å². The minimum atomic E-state index is -0.0866. The highest BCUT2D eigenvalue weighted by Gasteiger charge is 2.05. The lowest BCUT2D eigenvalue weighted by molar-refractivity contribution is 0.483. The molecule has 3 aromatic rings. The Hall–Kier alpha value is -2.59. The molecule has 0 saturated carbocycles. The maximum atomic E-state index is 11.7. The number of benzene rings is 2. The summed E-state index contributed by atoms with van der Waals surface area (Å²) < 4.78 is 7.11. The number of aromatic nitrogens is 2. The van der Waals surface area contributed by atoms with E-state index in [0.717, 1.165) is 22.8 Å². The first-order chi connectivity index (χ1) is 11.0. The first-order valence-electron chi connectivity index (χ1n) is 7.12. The van der Waals surface area contributed by atoms with Gasteiger partial charge >= 0.3 is 0 Å². The van der Waals surface area contributed by atoms with Gasteiger partial charge in [0.15, 0.2) is 0 Å².